The molecule has 1 aromatic heterocycles. The average molecular weight is 375 g/mol. The Bertz CT molecular complexity index is 1000. The van der Waals surface area contributed by atoms with Gasteiger partial charge in [-0.15, -0.1) is 0 Å². The Labute approximate surface area is 152 Å². The van der Waals surface area contributed by atoms with Crippen molar-refractivity contribution in [1.82, 2.24) is 15.4 Å². The molecule has 9 heteroatoms. The summed E-state index contributed by atoms with van der Waals surface area (Å²) in [6, 6.07) is 11.0. The van der Waals surface area contributed by atoms with Crippen molar-refractivity contribution >= 4 is 28.4 Å². The van der Waals surface area contributed by atoms with Gasteiger partial charge in [-0.05, 0) is 37.6 Å². The first kappa shape index (κ1) is 18.4. The van der Waals surface area contributed by atoms with Crippen LogP contribution in [0.4, 0.5) is 29.5 Å². The summed E-state index contributed by atoms with van der Waals surface area (Å²) in [4.78, 5) is 19.1. The molecule has 0 unspecified atom stereocenters. The Kier molecular flexibility index (Phi) is 4.85. The van der Waals surface area contributed by atoms with Crippen LogP contribution in [-0.2, 0) is 6.18 Å². The molecule has 2 aromatic carbocycles. The lowest BCUT2D eigenvalue weighted by Crippen LogP contribution is -2.34. The summed E-state index contributed by atoms with van der Waals surface area (Å²) in [5.74, 6) is -1.44. The zero-order chi connectivity index (χ0) is 19.6. The van der Waals surface area contributed by atoms with Gasteiger partial charge in [0, 0.05) is 11.1 Å². The van der Waals surface area contributed by atoms with Gasteiger partial charge >= 0.3 is 12.2 Å². The van der Waals surface area contributed by atoms with Crippen molar-refractivity contribution in [2.45, 2.75) is 20.0 Å². The quantitative estimate of drug-likeness (QED) is 0.593. The smallest absolute Gasteiger partial charge is 0.306 e. The number of para-hydroxylation sites is 1. The Hall–Kier alpha value is -3.36. The highest BCUT2D eigenvalue weighted by Gasteiger charge is 2.35. The second kappa shape index (κ2) is 7.10. The number of amides is 2. The molecule has 2 amide bonds. The minimum absolute atomic E-state index is 0.110. The molecule has 0 spiro atoms. The Morgan fingerprint density at radius 3 is 2.48 bits per heavy atom. The van der Waals surface area contributed by atoms with Gasteiger partial charge in [0.2, 0.25) is 5.82 Å². The van der Waals surface area contributed by atoms with Gasteiger partial charge in [-0.1, -0.05) is 29.8 Å². The van der Waals surface area contributed by atoms with Crippen LogP contribution in [0.3, 0.4) is 0 Å². The third kappa shape index (κ3) is 4.25. The molecule has 0 aliphatic rings. The Morgan fingerprint density at radius 1 is 1.04 bits per heavy atom. The minimum Gasteiger partial charge on any atom is -0.306 e. The summed E-state index contributed by atoms with van der Waals surface area (Å²) in [7, 11) is 0. The van der Waals surface area contributed by atoms with Crippen LogP contribution >= 0.6 is 0 Å². The minimum atomic E-state index is -4.71. The number of alkyl halides is 3. The maximum Gasteiger partial charge on any atom is 0.451 e. The largest absolute Gasteiger partial charge is 0.451 e. The van der Waals surface area contributed by atoms with Crippen molar-refractivity contribution in [3.8, 4) is 0 Å². The molecule has 0 radical (unpaired) electrons. The van der Waals surface area contributed by atoms with Gasteiger partial charge in [-0.3, -0.25) is 10.9 Å². The van der Waals surface area contributed by atoms with Gasteiger partial charge in [0.25, 0.3) is 0 Å². The number of urea groups is 1. The van der Waals surface area contributed by atoms with Gasteiger partial charge in [-0.2, -0.15) is 13.2 Å². The monoisotopic (exact) mass is 375 g/mol. The lowest BCUT2D eigenvalue weighted by atomic mass is 10.1. The van der Waals surface area contributed by atoms with Gasteiger partial charge in [0.15, 0.2) is 5.82 Å². The second-order valence-corrected chi connectivity index (χ2v) is 5.93. The zero-order valence-electron chi connectivity index (χ0n) is 14.5. The van der Waals surface area contributed by atoms with Crippen LogP contribution in [0.2, 0.25) is 0 Å². The Balaban J connectivity index is 1.80. The van der Waals surface area contributed by atoms with Crippen LogP contribution in [0, 0.1) is 13.8 Å². The van der Waals surface area contributed by atoms with E-state index < -0.39 is 18.0 Å². The molecule has 0 atom stereocenters. The highest BCUT2D eigenvalue weighted by atomic mass is 19.4. The summed E-state index contributed by atoms with van der Waals surface area (Å²) in [5.41, 5.74) is 7.34. The van der Waals surface area contributed by atoms with Crippen molar-refractivity contribution in [1.29, 1.82) is 0 Å². The highest BCUT2D eigenvalue weighted by molar-refractivity contribution is 5.93. The predicted molar refractivity (Wildman–Crippen MR) is 96.2 cm³/mol. The van der Waals surface area contributed by atoms with Gasteiger partial charge in [0.1, 0.15) is 0 Å². The fraction of sp³-hybridized carbons (Fsp3) is 0.167. The number of carbonyl (C=O) groups excluding carboxylic acids is 1. The van der Waals surface area contributed by atoms with Crippen LogP contribution in [0.5, 0.6) is 0 Å². The molecule has 6 nitrogen and oxygen atoms in total. The number of anilines is 2. The molecular weight excluding hydrogens is 359 g/mol. The Morgan fingerprint density at radius 2 is 1.78 bits per heavy atom. The molecule has 0 fully saturated rings. The third-order valence-corrected chi connectivity index (χ3v) is 3.78. The normalized spacial score (nSPS) is 11.3. The van der Waals surface area contributed by atoms with Crippen molar-refractivity contribution in [3.63, 3.8) is 0 Å². The van der Waals surface area contributed by atoms with E-state index in [4.69, 9.17) is 0 Å². The molecule has 0 saturated heterocycles. The lowest BCUT2D eigenvalue weighted by Gasteiger charge is -2.14. The third-order valence-electron chi connectivity index (χ3n) is 3.78. The highest BCUT2D eigenvalue weighted by Crippen LogP contribution is 2.30. The van der Waals surface area contributed by atoms with Crippen LogP contribution in [0.1, 0.15) is 17.0 Å². The molecule has 3 aromatic rings. The van der Waals surface area contributed by atoms with E-state index >= 15 is 0 Å². The molecular formula is C18H16F3N5O. The summed E-state index contributed by atoms with van der Waals surface area (Å²) < 4.78 is 39.0. The number of nitrogens with zero attached hydrogens (tertiary/aromatic N) is 2. The number of aryl methyl sites for hydroxylation is 2. The van der Waals surface area contributed by atoms with Crippen LogP contribution in [0.25, 0.3) is 10.9 Å². The number of hydrogen-bond acceptors (Lipinski definition) is 4. The fourth-order valence-electron chi connectivity index (χ4n) is 2.52. The first-order valence-electron chi connectivity index (χ1n) is 7.98. The van der Waals surface area contributed by atoms with Crippen molar-refractivity contribution in [2.75, 3.05) is 10.7 Å². The number of carbonyl (C=O) groups is 1. The van der Waals surface area contributed by atoms with Gasteiger partial charge in [0.05, 0.1) is 5.52 Å². The molecule has 1 heterocycles. The predicted octanol–water partition coefficient (Wildman–Crippen LogP) is 4.41. The molecule has 0 aliphatic heterocycles. The first-order chi connectivity index (χ1) is 12.7. The number of hydrazine groups is 1. The number of fused-ring (bicyclic) bond motifs is 1. The molecule has 27 heavy (non-hydrogen) atoms. The average Bonchev–Trinajstić information content (AvgIpc) is 2.61. The zero-order valence-corrected chi connectivity index (χ0v) is 14.5. The number of halogens is 3. The number of nitrogens with one attached hydrogen (secondary N) is 3. The molecule has 0 aliphatic carbocycles. The molecule has 140 valence electrons. The SMILES string of the molecule is Cc1ccc(NC(=O)NNc2nc(C(F)(F)F)nc3ccccc23)c(C)c1. The van der Waals surface area contributed by atoms with E-state index in [1.807, 2.05) is 26.0 Å². The van der Waals surface area contributed by atoms with E-state index in [0.29, 0.717) is 11.1 Å². The molecule has 0 saturated carbocycles. The van der Waals surface area contributed by atoms with Crippen molar-refractivity contribution in [3.05, 3.63) is 59.4 Å². The van der Waals surface area contributed by atoms with E-state index in [2.05, 4.69) is 26.1 Å². The molecule has 0 bridgehead atoms. The number of rotatable bonds is 3. The first-order valence-corrected chi connectivity index (χ1v) is 7.98. The van der Waals surface area contributed by atoms with E-state index in [-0.39, 0.29) is 11.3 Å². The fourth-order valence-corrected chi connectivity index (χ4v) is 2.52. The maximum atomic E-state index is 13.0. The standard InChI is InChI=1S/C18H16F3N5O/c1-10-7-8-13(11(2)9-10)23-17(27)26-25-15-12-5-3-4-6-14(12)22-16(24-15)18(19,20)21/h3-9H,1-2H3,(H,22,24,25)(H2,23,26,27). The topological polar surface area (TPSA) is 78.9 Å². The lowest BCUT2D eigenvalue weighted by molar-refractivity contribution is -0.144. The molecule has 3 N–H and O–H groups in total. The van der Waals surface area contributed by atoms with E-state index in [0.717, 1.165) is 11.1 Å². The van der Waals surface area contributed by atoms with Gasteiger partial charge in [-0.25, -0.2) is 14.8 Å². The van der Waals surface area contributed by atoms with Crippen molar-refractivity contribution in [2.24, 2.45) is 0 Å². The number of aromatic nitrogens is 2. The van der Waals surface area contributed by atoms with Crippen LogP contribution < -0.4 is 16.2 Å². The van der Waals surface area contributed by atoms with E-state index in [1.165, 1.54) is 6.07 Å². The van der Waals surface area contributed by atoms with Crippen LogP contribution in [-0.4, -0.2) is 16.0 Å². The van der Waals surface area contributed by atoms with E-state index in [9.17, 15) is 18.0 Å². The summed E-state index contributed by atoms with van der Waals surface area (Å²) in [6.07, 6.45) is -4.71. The summed E-state index contributed by atoms with van der Waals surface area (Å²) in [5, 5.41) is 2.97. The van der Waals surface area contributed by atoms with Gasteiger partial charge < -0.3 is 5.32 Å². The molecule has 3 rings (SSSR count). The van der Waals surface area contributed by atoms with Crippen molar-refractivity contribution < 1.29 is 18.0 Å². The summed E-state index contributed by atoms with van der Waals surface area (Å²) >= 11 is 0. The summed E-state index contributed by atoms with van der Waals surface area (Å²) in [6.45, 7) is 3.76. The maximum absolute atomic E-state index is 13.0. The second-order valence-electron chi connectivity index (χ2n) is 5.93. The number of benzene rings is 2. The number of hydrogen-bond donors (Lipinski definition) is 3. The van der Waals surface area contributed by atoms with E-state index in [1.54, 1.807) is 24.3 Å². The van der Waals surface area contributed by atoms with Crippen LogP contribution in [0.15, 0.2) is 42.5 Å².